The Bertz CT molecular complexity index is 1360. The van der Waals surface area contributed by atoms with Gasteiger partial charge in [-0.3, -0.25) is 0 Å². The van der Waals surface area contributed by atoms with Gasteiger partial charge in [-0.1, -0.05) is 42.5 Å². The van der Waals surface area contributed by atoms with Gasteiger partial charge in [0.15, 0.2) is 5.65 Å². The highest BCUT2D eigenvalue weighted by molar-refractivity contribution is 6.02. The third-order valence-corrected chi connectivity index (χ3v) is 5.64. The van der Waals surface area contributed by atoms with Gasteiger partial charge in [0.05, 0.1) is 19.6 Å². The van der Waals surface area contributed by atoms with Crippen LogP contribution in [-0.4, -0.2) is 28.8 Å². The Kier molecular flexibility index (Phi) is 5.64. The highest BCUT2D eigenvalue weighted by Gasteiger charge is 2.17. The van der Waals surface area contributed by atoms with E-state index in [-0.39, 0.29) is 0 Å². The maximum absolute atomic E-state index is 5.32. The summed E-state index contributed by atoms with van der Waals surface area (Å²) in [5.41, 5.74) is 5.16. The van der Waals surface area contributed by atoms with Gasteiger partial charge in [0, 0.05) is 24.0 Å². The van der Waals surface area contributed by atoms with E-state index < -0.39 is 0 Å². The quantitative estimate of drug-likeness (QED) is 0.354. The predicted octanol–water partition coefficient (Wildman–Crippen LogP) is 5.72. The zero-order valence-electron chi connectivity index (χ0n) is 18.5. The van der Waals surface area contributed by atoms with E-state index in [2.05, 4.69) is 38.2 Å². The molecule has 164 valence electrons. The van der Waals surface area contributed by atoms with Crippen LogP contribution in [0.1, 0.15) is 5.56 Å². The van der Waals surface area contributed by atoms with E-state index in [4.69, 9.17) is 9.47 Å². The largest absolute Gasteiger partial charge is 0.497 e. The van der Waals surface area contributed by atoms with Gasteiger partial charge in [0.1, 0.15) is 23.6 Å². The number of ether oxygens (including phenoxy) is 2. The lowest BCUT2D eigenvalue weighted by Crippen LogP contribution is -2.03. The molecule has 0 aliphatic carbocycles. The monoisotopic (exact) mass is 436 g/mol. The lowest BCUT2D eigenvalue weighted by Gasteiger charge is -2.10. The number of fused-ring (bicyclic) bond motifs is 1. The molecule has 2 aromatic heterocycles. The van der Waals surface area contributed by atoms with Crippen LogP contribution in [0.4, 0.5) is 5.82 Å². The Morgan fingerprint density at radius 3 is 2.12 bits per heavy atom. The topological polar surface area (TPSA) is 61.2 Å². The first-order valence-corrected chi connectivity index (χ1v) is 10.7. The van der Waals surface area contributed by atoms with Crippen molar-refractivity contribution in [3.05, 3.63) is 97.0 Å². The molecule has 0 aliphatic heterocycles. The zero-order chi connectivity index (χ0) is 22.6. The van der Waals surface area contributed by atoms with Crippen molar-refractivity contribution in [2.45, 2.75) is 6.54 Å². The van der Waals surface area contributed by atoms with Crippen LogP contribution < -0.4 is 14.8 Å². The van der Waals surface area contributed by atoms with E-state index in [0.29, 0.717) is 6.54 Å². The van der Waals surface area contributed by atoms with Gasteiger partial charge in [0.2, 0.25) is 0 Å². The number of methoxy groups -OCH3 is 2. The minimum absolute atomic E-state index is 0.637. The first kappa shape index (κ1) is 20.6. The fourth-order valence-electron chi connectivity index (χ4n) is 3.90. The van der Waals surface area contributed by atoms with Gasteiger partial charge < -0.3 is 19.4 Å². The van der Waals surface area contributed by atoms with Gasteiger partial charge in [-0.05, 0) is 47.5 Å². The maximum atomic E-state index is 5.32. The van der Waals surface area contributed by atoms with Crippen molar-refractivity contribution in [3.63, 3.8) is 0 Å². The number of nitrogens with zero attached hydrogens (tertiary/aromatic N) is 3. The molecule has 0 radical (unpaired) electrons. The van der Waals surface area contributed by atoms with Crippen LogP contribution >= 0.6 is 0 Å². The molecule has 6 heteroatoms. The molecular weight excluding hydrogens is 412 g/mol. The predicted molar refractivity (Wildman–Crippen MR) is 131 cm³/mol. The normalized spacial score (nSPS) is 10.8. The van der Waals surface area contributed by atoms with Crippen molar-refractivity contribution >= 4 is 16.9 Å². The number of nitrogens with one attached hydrogen (secondary N) is 1. The lowest BCUT2D eigenvalue weighted by atomic mass is 10.1. The Labute approximate surface area is 192 Å². The van der Waals surface area contributed by atoms with E-state index in [9.17, 15) is 0 Å². The highest BCUT2D eigenvalue weighted by Crippen LogP contribution is 2.35. The summed E-state index contributed by atoms with van der Waals surface area (Å²) in [5.74, 6) is 2.45. The van der Waals surface area contributed by atoms with Crippen LogP contribution in [0.2, 0.25) is 0 Å². The molecule has 3 aromatic carbocycles. The third-order valence-electron chi connectivity index (χ3n) is 5.64. The molecule has 33 heavy (non-hydrogen) atoms. The number of rotatable bonds is 7. The summed E-state index contributed by atoms with van der Waals surface area (Å²) in [6.07, 6.45) is 3.72. The number of hydrogen-bond acceptors (Lipinski definition) is 5. The molecule has 5 aromatic rings. The maximum Gasteiger partial charge on any atom is 0.150 e. The fraction of sp³-hybridized carbons (Fsp3) is 0.111. The van der Waals surface area contributed by atoms with E-state index >= 15 is 0 Å². The van der Waals surface area contributed by atoms with Crippen LogP contribution in [0, 0.1) is 0 Å². The molecule has 2 heterocycles. The molecule has 0 spiro atoms. The van der Waals surface area contributed by atoms with Crippen molar-refractivity contribution in [1.82, 2.24) is 14.5 Å². The minimum atomic E-state index is 0.637. The number of benzene rings is 3. The summed E-state index contributed by atoms with van der Waals surface area (Å²) in [4.78, 5) is 9.24. The number of aromatic nitrogens is 3. The van der Waals surface area contributed by atoms with E-state index in [1.165, 1.54) is 0 Å². The summed E-state index contributed by atoms with van der Waals surface area (Å²) in [6, 6.07) is 26.3. The fourth-order valence-corrected chi connectivity index (χ4v) is 3.90. The standard InChI is InChI=1S/C27H24N4O2/c1-32-22-12-8-19(9-13-22)16-28-26-25-24(20-6-4-3-5-7-20)17-31(27(25)30-18-29-26)21-10-14-23(33-2)15-11-21/h3-15,17-18H,16H2,1-2H3,(H,28,29,30). The molecule has 0 aliphatic rings. The Morgan fingerprint density at radius 2 is 1.45 bits per heavy atom. The molecule has 0 saturated heterocycles. The molecule has 0 unspecified atom stereocenters. The van der Waals surface area contributed by atoms with E-state index in [0.717, 1.165) is 50.7 Å². The zero-order valence-corrected chi connectivity index (χ0v) is 18.5. The lowest BCUT2D eigenvalue weighted by molar-refractivity contribution is 0.414. The van der Waals surface area contributed by atoms with Gasteiger partial charge in [0.25, 0.3) is 0 Å². The second kappa shape index (κ2) is 9.04. The third kappa shape index (κ3) is 4.11. The molecule has 0 saturated carbocycles. The minimum Gasteiger partial charge on any atom is -0.497 e. The average Bonchev–Trinajstić information content (AvgIpc) is 3.29. The van der Waals surface area contributed by atoms with Gasteiger partial charge in [-0.2, -0.15) is 0 Å². The molecule has 6 nitrogen and oxygen atoms in total. The Balaban J connectivity index is 1.59. The van der Waals surface area contributed by atoms with Crippen LogP contribution in [0.15, 0.2) is 91.4 Å². The number of anilines is 1. The van der Waals surface area contributed by atoms with Crippen LogP contribution in [-0.2, 0) is 6.54 Å². The SMILES string of the molecule is COc1ccc(CNc2ncnc3c2c(-c2ccccc2)cn3-c2ccc(OC)cc2)cc1. The van der Waals surface area contributed by atoms with E-state index in [1.807, 2.05) is 66.7 Å². The first-order valence-electron chi connectivity index (χ1n) is 10.7. The van der Waals surface area contributed by atoms with Crippen LogP contribution in [0.25, 0.3) is 27.8 Å². The summed E-state index contributed by atoms with van der Waals surface area (Å²) in [7, 11) is 3.34. The van der Waals surface area contributed by atoms with Crippen molar-refractivity contribution in [3.8, 4) is 28.3 Å². The van der Waals surface area contributed by atoms with Gasteiger partial charge >= 0.3 is 0 Å². The summed E-state index contributed by atoms with van der Waals surface area (Å²) in [6.45, 7) is 0.637. The average molecular weight is 437 g/mol. The van der Waals surface area contributed by atoms with Gasteiger partial charge in [-0.25, -0.2) is 9.97 Å². The first-order chi connectivity index (χ1) is 16.3. The number of hydrogen-bond donors (Lipinski definition) is 1. The molecule has 5 rings (SSSR count). The van der Waals surface area contributed by atoms with Crippen molar-refractivity contribution in [2.75, 3.05) is 19.5 Å². The second-order valence-electron chi connectivity index (χ2n) is 7.60. The Morgan fingerprint density at radius 1 is 0.788 bits per heavy atom. The van der Waals surface area contributed by atoms with Crippen LogP contribution in [0.3, 0.4) is 0 Å². The summed E-state index contributed by atoms with van der Waals surface area (Å²) in [5, 5.41) is 4.49. The Hall–Kier alpha value is -4.32. The summed E-state index contributed by atoms with van der Waals surface area (Å²) < 4.78 is 12.7. The smallest absolute Gasteiger partial charge is 0.150 e. The molecule has 1 N–H and O–H groups in total. The van der Waals surface area contributed by atoms with Crippen molar-refractivity contribution in [2.24, 2.45) is 0 Å². The van der Waals surface area contributed by atoms with E-state index in [1.54, 1.807) is 20.5 Å². The second-order valence-corrected chi connectivity index (χ2v) is 7.60. The summed E-state index contributed by atoms with van der Waals surface area (Å²) >= 11 is 0. The molecule has 0 atom stereocenters. The molecule has 0 amide bonds. The molecule has 0 bridgehead atoms. The van der Waals surface area contributed by atoms with Crippen LogP contribution in [0.5, 0.6) is 11.5 Å². The van der Waals surface area contributed by atoms with Crippen molar-refractivity contribution in [1.29, 1.82) is 0 Å². The highest BCUT2D eigenvalue weighted by atomic mass is 16.5. The molecule has 0 fully saturated rings. The van der Waals surface area contributed by atoms with Crippen molar-refractivity contribution < 1.29 is 9.47 Å². The van der Waals surface area contributed by atoms with Gasteiger partial charge in [-0.15, -0.1) is 0 Å². The molecular formula is C27H24N4O2.